The molecule has 11 nitrogen and oxygen atoms in total. The highest BCUT2D eigenvalue weighted by Crippen LogP contribution is 2.31. The monoisotopic (exact) mass is 563 g/mol. The van der Waals surface area contributed by atoms with Gasteiger partial charge in [0.25, 0.3) is 11.5 Å². The van der Waals surface area contributed by atoms with Crippen molar-refractivity contribution < 1.29 is 23.2 Å². The fourth-order valence-corrected chi connectivity index (χ4v) is 4.57. The fourth-order valence-electron chi connectivity index (χ4n) is 4.57. The molecule has 6 rings (SSSR count). The van der Waals surface area contributed by atoms with E-state index in [1.54, 1.807) is 73.4 Å². The number of para-hydroxylation sites is 1. The Bertz CT molecular complexity index is 1970. The third kappa shape index (κ3) is 4.77. The van der Waals surface area contributed by atoms with Crippen molar-refractivity contribution in [1.29, 1.82) is 0 Å². The van der Waals surface area contributed by atoms with E-state index in [1.165, 1.54) is 23.9 Å². The Kier molecular flexibility index (Phi) is 6.75. The summed E-state index contributed by atoms with van der Waals surface area (Å²) in [5.41, 5.74) is 2.96. The van der Waals surface area contributed by atoms with E-state index in [2.05, 4.69) is 5.32 Å². The van der Waals surface area contributed by atoms with Crippen molar-refractivity contribution in [2.24, 2.45) is 7.05 Å². The van der Waals surface area contributed by atoms with Crippen LogP contribution in [0.2, 0.25) is 0 Å². The van der Waals surface area contributed by atoms with Crippen molar-refractivity contribution in [3.8, 4) is 28.6 Å². The summed E-state index contributed by atoms with van der Waals surface area (Å²) < 4.78 is 19.7. The molecular formula is C31H25N5O6. The largest absolute Gasteiger partial charge is 0.463 e. The Morgan fingerprint density at radius 2 is 1.52 bits per heavy atom. The molecule has 0 saturated carbocycles. The van der Waals surface area contributed by atoms with Gasteiger partial charge in [-0.1, -0.05) is 18.2 Å². The van der Waals surface area contributed by atoms with Gasteiger partial charge in [0.15, 0.2) is 17.6 Å². The summed E-state index contributed by atoms with van der Waals surface area (Å²) in [5, 5.41) is 2.63. The fraction of sp³-hybridized carbons (Fsp3) is 0.129. The predicted octanol–water partition coefficient (Wildman–Crippen LogP) is 5.13. The summed E-state index contributed by atoms with van der Waals surface area (Å²) in [6.07, 6.45) is 1.88. The number of hydrogen-bond donors (Lipinski definition) is 1. The zero-order valence-corrected chi connectivity index (χ0v) is 22.9. The number of esters is 1. The third-order valence-corrected chi connectivity index (χ3v) is 6.86. The molecule has 1 unspecified atom stereocenters. The molecule has 1 amide bonds. The molecule has 0 fully saturated rings. The quantitative estimate of drug-likeness (QED) is 0.264. The van der Waals surface area contributed by atoms with Gasteiger partial charge in [-0.2, -0.15) is 0 Å². The molecule has 0 aliphatic rings. The Labute approximate surface area is 239 Å². The Morgan fingerprint density at radius 1 is 0.881 bits per heavy atom. The number of carbonyl (C=O) groups is 2. The molecule has 0 aliphatic carbocycles. The van der Waals surface area contributed by atoms with Gasteiger partial charge in [0, 0.05) is 7.05 Å². The number of furan rings is 2. The van der Waals surface area contributed by atoms with Gasteiger partial charge in [0.1, 0.15) is 17.1 Å². The summed E-state index contributed by atoms with van der Waals surface area (Å²) in [4.78, 5) is 48.6. The van der Waals surface area contributed by atoms with Crippen LogP contribution in [0.15, 0.2) is 99.0 Å². The van der Waals surface area contributed by atoms with Gasteiger partial charge in [0.2, 0.25) is 0 Å². The highest BCUT2D eigenvalue weighted by atomic mass is 16.5. The Hall–Kier alpha value is -5.71. The van der Waals surface area contributed by atoms with Crippen LogP contribution in [0, 0.1) is 6.92 Å². The van der Waals surface area contributed by atoms with Crippen LogP contribution >= 0.6 is 0 Å². The number of anilines is 1. The zero-order valence-electron chi connectivity index (χ0n) is 22.9. The number of nitrogens with zero attached hydrogens (tertiary/aromatic N) is 4. The van der Waals surface area contributed by atoms with Crippen LogP contribution in [0.5, 0.6) is 0 Å². The maximum absolute atomic E-state index is 13.1. The van der Waals surface area contributed by atoms with Crippen LogP contribution in [0.25, 0.3) is 39.6 Å². The maximum atomic E-state index is 13.1. The zero-order chi connectivity index (χ0) is 29.4. The van der Waals surface area contributed by atoms with Crippen LogP contribution < -0.4 is 10.9 Å². The lowest BCUT2D eigenvalue weighted by molar-refractivity contribution is -0.123. The number of carbonyl (C=O) groups excluding carboxylic acids is 2. The molecule has 0 bridgehead atoms. The lowest BCUT2D eigenvalue weighted by atomic mass is 10.1. The number of fused-ring (bicyclic) bond motifs is 1. The second-order valence-electron chi connectivity index (χ2n) is 9.55. The minimum atomic E-state index is -1.19. The average molecular weight is 564 g/mol. The molecule has 42 heavy (non-hydrogen) atoms. The lowest BCUT2D eigenvalue weighted by Gasteiger charge is -2.13. The first-order valence-corrected chi connectivity index (χ1v) is 13.1. The average Bonchev–Trinajstić information content (AvgIpc) is 3.77. The summed E-state index contributed by atoms with van der Waals surface area (Å²) >= 11 is 0. The van der Waals surface area contributed by atoms with E-state index in [1.807, 2.05) is 18.2 Å². The summed E-state index contributed by atoms with van der Waals surface area (Å²) in [5.74, 6) is -0.375. The molecule has 0 radical (unpaired) electrons. The standard InChI is InChI=1S/C31H25N5O6/c1-18-26(30(38)36(35(18)3)21-9-5-4-6-10-21)34-29(37)19(2)42-31(39)20-13-14-22-23(17-20)33-28(25-12-8-16-41-25)27(32-22)24-11-7-15-40-24/h4-17,19H,1-3H3,(H,34,37). The predicted molar refractivity (Wildman–Crippen MR) is 154 cm³/mol. The van der Waals surface area contributed by atoms with Crippen molar-refractivity contribution in [3.63, 3.8) is 0 Å². The van der Waals surface area contributed by atoms with Gasteiger partial charge in [0.05, 0.1) is 40.5 Å². The van der Waals surface area contributed by atoms with Crippen molar-refractivity contribution >= 4 is 28.6 Å². The number of hydrogen-bond acceptors (Lipinski definition) is 8. The van der Waals surface area contributed by atoms with Crippen molar-refractivity contribution in [2.45, 2.75) is 20.0 Å². The molecule has 4 aromatic heterocycles. The molecule has 11 heteroatoms. The second-order valence-corrected chi connectivity index (χ2v) is 9.55. The van der Waals surface area contributed by atoms with E-state index in [-0.39, 0.29) is 11.3 Å². The minimum Gasteiger partial charge on any atom is -0.463 e. The molecule has 0 saturated heterocycles. The van der Waals surface area contributed by atoms with Crippen molar-refractivity contribution in [3.05, 3.63) is 107 Å². The number of ether oxygens (including phenoxy) is 1. The van der Waals surface area contributed by atoms with E-state index in [0.29, 0.717) is 45.3 Å². The Balaban J connectivity index is 1.23. The number of aromatic nitrogens is 4. The molecule has 2 aromatic carbocycles. The molecule has 0 spiro atoms. The smallest absolute Gasteiger partial charge is 0.338 e. The van der Waals surface area contributed by atoms with Gasteiger partial charge >= 0.3 is 5.97 Å². The maximum Gasteiger partial charge on any atom is 0.338 e. The van der Waals surface area contributed by atoms with Crippen LogP contribution in [-0.2, 0) is 16.6 Å². The van der Waals surface area contributed by atoms with E-state index >= 15 is 0 Å². The second kappa shape index (κ2) is 10.7. The Morgan fingerprint density at radius 3 is 2.14 bits per heavy atom. The lowest BCUT2D eigenvalue weighted by Crippen LogP contribution is -2.32. The third-order valence-electron chi connectivity index (χ3n) is 6.86. The van der Waals surface area contributed by atoms with Crippen LogP contribution in [0.4, 0.5) is 5.69 Å². The van der Waals surface area contributed by atoms with Gasteiger partial charge in [-0.05, 0) is 68.4 Å². The summed E-state index contributed by atoms with van der Waals surface area (Å²) in [7, 11) is 1.72. The molecule has 1 N–H and O–H groups in total. The van der Waals surface area contributed by atoms with E-state index < -0.39 is 23.5 Å². The van der Waals surface area contributed by atoms with E-state index in [0.717, 1.165) is 0 Å². The number of amides is 1. The summed E-state index contributed by atoms with van der Waals surface area (Å²) in [6.45, 7) is 3.16. The molecule has 4 heterocycles. The molecular weight excluding hydrogens is 538 g/mol. The SMILES string of the molecule is Cc1c(NC(=O)C(C)OC(=O)c2ccc3nc(-c4ccco4)c(-c4ccco4)nc3c2)c(=O)n(-c2ccccc2)n1C. The number of nitrogens with one attached hydrogen (secondary N) is 1. The topological polar surface area (TPSA) is 134 Å². The molecule has 6 aromatic rings. The van der Waals surface area contributed by atoms with E-state index in [4.69, 9.17) is 23.5 Å². The van der Waals surface area contributed by atoms with Crippen molar-refractivity contribution in [2.75, 3.05) is 5.32 Å². The minimum absolute atomic E-state index is 0.105. The van der Waals surface area contributed by atoms with Gasteiger partial charge < -0.3 is 18.9 Å². The van der Waals surface area contributed by atoms with E-state index in [9.17, 15) is 14.4 Å². The first-order valence-electron chi connectivity index (χ1n) is 13.1. The van der Waals surface area contributed by atoms with Gasteiger partial charge in [-0.25, -0.2) is 19.4 Å². The van der Waals surface area contributed by atoms with Crippen LogP contribution in [0.3, 0.4) is 0 Å². The molecule has 1 atom stereocenters. The normalized spacial score (nSPS) is 11.9. The van der Waals surface area contributed by atoms with Crippen LogP contribution in [0.1, 0.15) is 23.0 Å². The first kappa shape index (κ1) is 26.5. The van der Waals surface area contributed by atoms with Gasteiger partial charge in [-0.3, -0.25) is 14.3 Å². The van der Waals surface area contributed by atoms with Crippen LogP contribution in [-0.4, -0.2) is 37.3 Å². The highest BCUT2D eigenvalue weighted by molar-refractivity contribution is 5.99. The molecule has 210 valence electrons. The summed E-state index contributed by atoms with van der Waals surface area (Å²) in [6, 6.07) is 20.8. The van der Waals surface area contributed by atoms with Gasteiger partial charge in [-0.15, -0.1) is 0 Å². The number of benzene rings is 2. The highest BCUT2D eigenvalue weighted by Gasteiger charge is 2.24. The molecule has 0 aliphatic heterocycles. The first-order chi connectivity index (χ1) is 20.3. The van der Waals surface area contributed by atoms with Crippen molar-refractivity contribution in [1.82, 2.24) is 19.3 Å². The number of rotatable bonds is 7.